The van der Waals surface area contributed by atoms with Gasteiger partial charge in [0.1, 0.15) is 0 Å². The first kappa shape index (κ1) is 11.4. The fraction of sp³-hybridized carbons (Fsp3) is 0.364. The predicted molar refractivity (Wildman–Crippen MR) is 57.8 cm³/mol. The molecule has 1 aromatic rings. The lowest BCUT2D eigenvalue weighted by Gasteiger charge is -2.02. The Bertz CT molecular complexity index is 308. The number of anilines is 1. The second kappa shape index (κ2) is 5.90. The normalized spacial score (nSPS) is 9.87. The molecule has 0 aliphatic rings. The lowest BCUT2D eigenvalue weighted by Crippen LogP contribution is -2.02. The third-order valence-electron chi connectivity index (χ3n) is 2.07. The molecule has 4 nitrogen and oxygen atoms in total. The summed E-state index contributed by atoms with van der Waals surface area (Å²) in [6.07, 6.45) is 1.37. The van der Waals surface area contributed by atoms with Gasteiger partial charge in [-0.3, -0.25) is 0 Å². The van der Waals surface area contributed by atoms with E-state index in [9.17, 15) is 4.79 Å². The maximum atomic E-state index is 10.0. The first-order valence-corrected chi connectivity index (χ1v) is 4.88. The minimum atomic E-state index is -1.21. The van der Waals surface area contributed by atoms with E-state index in [2.05, 4.69) is 4.74 Å². The average Bonchev–Trinajstić information content (AvgIpc) is 2.20. The second-order valence-corrected chi connectivity index (χ2v) is 3.31. The highest BCUT2D eigenvalue weighted by Crippen LogP contribution is 2.08. The van der Waals surface area contributed by atoms with Crippen molar-refractivity contribution in [1.29, 1.82) is 0 Å². The van der Waals surface area contributed by atoms with Gasteiger partial charge in [0, 0.05) is 5.69 Å². The lowest BCUT2D eigenvalue weighted by molar-refractivity contribution is 0.0902. The summed E-state index contributed by atoms with van der Waals surface area (Å²) in [5, 5.41) is 8.22. The van der Waals surface area contributed by atoms with Gasteiger partial charge in [0.15, 0.2) is 0 Å². The molecule has 0 saturated carbocycles. The van der Waals surface area contributed by atoms with Crippen molar-refractivity contribution in [1.82, 2.24) is 0 Å². The van der Waals surface area contributed by atoms with Gasteiger partial charge in [0.05, 0.1) is 6.61 Å². The Morgan fingerprint density at radius 3 is 2.53 bits per heavy atom. The number of unbranched alkanes of at least 4 members (excludes halogenated alkanes) is 1. The quantitative estimate of drug-likeness (QED) is 0.443. The fourth-order valence-corrected chi connectivity index (χ4v) is 1.27. The lowest BCUT2D eigenvalue weighted by atomic mass is 10.1. The number of carbonyl (C=O) groups is 1. The predicted octanol–water partition coefficient (Wildman–Crippen LogP) is 2.29. The van der Waals surface area contributed by atoms with Gasteiger partial charge in [-0.05, 0) is 37.0 Å². The van der Waals surface area contributed by atoms with Crippen molar-refractivity contribution in [3.05, 3.63) is 29.8 Å². The Morgan fingerprint density at radius 2 is 1.93 bits per heavy atom. The Morgan fingerprint density at radius 1 is 1.27 bits per heavy atom. The summed E-state index contributed by atoms with van der Waals surface area (Å²) < 4.78 is 4.40. The number of nitrogen functional groups attached to an aromatic ring is 1. The molecule has 0 aromatic heterocycles. The van der Waals surface area contributed by atoms with Crippen molar-refractivity contribution in [3.63, 3.8) is 0 Å². The molecule has 0 amide bonds. The van der Waals surface area contributed by atoms with Crippen LogP contribution in [-0.4, -0.2) is 17.9 Å². The summed E-state index contributed by atoms with van der Waals surface area (Å²) >= 11 is 0. The Balaban J connectivity index is 2.15. The minimum absolute atomic E-state index is 0.268. The summed E-state index contributed by atoms with van der Waals surface area (Å²) in [5.74, 6) is 0. The number of rotatable bonds is 5. The van der Waals surface area contributed by atoms with Gasteiger partial charge in [-0.2, -0.15) is 0 Å². The van der Waals surface area contributed by atoms with Crippen molar-refractivity contribution in [2.24, 2.45) is 0 Å². The van der Waals surface area contributed by atoms with Gasteiger partial charge < -0.3 is 15.6 Å². The fourth-order valence-electron chi connectivity index (χ4n) is 1.27. The molecule has 0 saturated heterocycles. The average molecular weight is 209 g/mol. The highest BCUT2D eigenvalue weighted by Gasteiger charge is 1.97. The highest BCUT2D eigenvalue weighted by molar-refractivity contribution is 5.56. The molecule has 0 atom stereocenters. The number of aryl methyl sites for hydroxylation is 1. The number of hydrogen-bond acceptors (Lipinski definition) is 3. The zero-order valence-corrected chi connectivity index (χ0v) is 8.48. The second-order valence-electron chi connectivity index (χ2n) is 3.31. The van der Waals surface area contributed by atoms with Crippen LogP contribution >= 0.6 is 0 Å². The number of carboxylic acid groups (broad SMARTS) is 1. The van der Waals surface area contributed by atoms with E-state index in [1.807, 2.05) is 24.3 Å². The Labute approximate surface area is 88.7 Å². The van der Waals surface area contributed by atoms with Gasteiger partial charge in [-0.15, -0.1) is 0 Å². The summed E-state index contributed by atoms with van der Waals surface area (Å²) in [7, 11) is 0. The largest absolute Gasteiger partial charge is 0.505 e. The van der Waals surface area contributed by atoms with Crippen LogP contribution in [0.5, 0.6) is 0 Å². The molecule has 0 spiro atoms. The zero-order valence-electron chi connectivity index (χ0n) is 8.48. The van der Waals surface area contributed by atoms with Gasteiger partial charge >= 0.3 is 6.16 Å². The first-order chi connectivity index (χ1) is 7.18. The van der Waals surface area contributed by atoms with E-state index in [1.165, 1.54) is 5.56 Å². The molecule has 0 aliphatic heterocycles. The molecule has 0 unspecified atom stereocenters. The van der Waals surface area contributed by atoms with E-state index >= 15 is 0 Å². The molecule has 4 heteroatoms. The van der Waals surface area contributed by atoms with Crippen molar-refractivity contribution in [2.75, 3.05) is 12.3 Å². The molecule has 0 bridgehead atoms. The van der Waals surface area contributed by atoms with E-state index < -0.39 is 6.16 Å². The van der Waals surface area contributed by atoms with Crippen molar-refractivity contribution in [3.8, 4) is 0 Å². The van der Waals surface area contributed by atoms with Crippen LogP contribution in [0.2, 0.25) is 0 Å². The monoisotopic (exact) mass is 209 g/mol. The molecule has 15 heavy (non-hydrogen) atoms. The number of hydrogen-bond donors (Lipinski definition) is 2. The van der Waals surface area contributed by atoms with E-state index in [-0.39, 0.29) is 6.61 Å². The van der Waals surface area contributed by atoms with Gasteiger partial charge in [-0.25, -0.2) is 4.79 Å². The Hall–Kier alpha value is -1.71. The number of ether oxygens (including phenoxy) is 1. The summed E-state index contributed by atoms with van der Waals surface area (Å²) in [6, 6.07) is 7.69. The van der Waals surface area contributed by atoms with Crippen LogP contribution in [0.3, 0.4) is 0 Å². The summed E-state index contributed by atoms with van der Waals surface area (Å²) in [4.78, 5) is 10.0. The maximum Gasteiger partial charge on any atom is 0.505 e. The molecule has 0 fully saturated rings. The van der Waals surface area contributed by atoms with E-state index in [1.54, 1.807) is 0 Å². The molecule has 0 heterocycles. The molecule has 3 N–H and O–H groups in total. The van der Waals surface area contributed by atoms with Crippen LogP contribution in [0.1, 0.15) is 18.4 Å². The van der Waals surface area contributed by atoms with Crippen molar-refractivity contribution >= 4 is 11.8 Å². The van der Waals surface area contributed by atoms with E-state index in [0.29, 0.717) is 0 Å². The molecule has 1 rings (SSSR count). The third-order valence-corrected chi connectivity index (χ3v) is 2.07. The molecule has 0 aliphatic carbocycles. The topological polar surface area (TPSA) is 72.5 Å². The van der Waals surface area contributed by atoms with Crippen LogP contribution in [-0.2, 0) is 11.2 Å². The maximum absolute atomic E-state index is 10.0. The zero-order chi connectivity index (χ0) is 11.1. The van der Waals surface area contributed by atoms with Gasteiger partial charge in [0.25, 0.3) is 0 Å². The molecule has 1 aromatic carbocycles. The molecular formula is C11H15NO3. The standard InChI is InChI=1S/C11H15NO3/c12-10-6-4-9(5-7-10)3-1-2-8-15-11(13)14/h4-7H,1-3,8,12H2,(H,13,14). The van der Waals surface area contributed by atoms with E-state index in [4.69, 9.17) is 10.8 Å². The smallest absolute Gasteiger partial charge is 0.450 e. The highest BCUT2D eigenvalue weighted by atomic mass is 16.7. The summed E-state index contributed by atoms with van der Waals surface area (Å²) in [6.45, 7) is 0.268. The van der Waals surface area contributed by atoms with Crippen LogP contribution < -0.4 is 5.73 Å². The minimum Gasteiger partial charge on any atom is -0.450 e. The summed E-state index contributed by atoms with van der Waals surface area (Å²) in [5.41, 5.74) is 7.52. The SMILES string of the molecule is Nc1ccc(CCCCOC(=O)O)cc1. The molecular weight excluding hydrogens is 194 g/mol. The van der Waals surface area contributed by atoms with Crippen LogP contribution in [0.4, 0.5) is 10.5 Å². The van der Waals surface area contributed by atoms with Crippen molar-refractivity contribution in [2.45, 2.75) is 19.3 Å². The third kappa shape index (κ3) is 4.90. The Kier molecular flexibility index (Phi) is 4.47. The van der Waals surface area contributed by atoms with Gasteiger partial charge in [0.2, 0.25) is 0 Å². The van der Waals surface area contributed by atoms with Crippen molar-refractivity contribution < 1.29 is 14.6 Å². The first-order valence-electron chi connectivity index (χ1n) is 4.88. The van der Waals surface area contributed by atoms with Gasteiger partial charge in [-0.1, -0.05) is 12.1 Å². The van der Waals surface area contributed by atoms with E-state index in [0.717, 1.165) is 24.9 Å². The molecule has 0 radical (unpaired) electrons. The molecule has 82 valence electrons. The number of nitrogens with two attached hydrogens (primary N) is 1. The number of benzene rings is 1. The van der Waals surface area contributed by atoms with Crippen LogP contribution in [0.15, 0.2) is 24.3 Å². The van der Waals surface area contributed by atoms with Crippen LogP contribution in [0.25, 0.3) is 0 Å². The van der Waals surface area contributed by atoms with Crippen LogP contribution in [0, 0.1) is 0 Å².